The van der Waals surface area contributed by atoms with Crippen molar-refractivity contribution < 1.29 is 17.9 Å². The first-order valence-electron chi connectivity index (χ1n) is 10.1. The van der Waals surface area contributed by atoms with Crippen LogP contribution in [0, 0.1) is 0 Å². The standard InChI is InChI=1S/C23H22ClN3O4S/c1-31-22-13-8-16-5-2-3-6-19(16)20(22)15-25-26-23(28)21-7-4-14-27(21)32(29,30)18-11-9-17(24)10-12-18/h2-3,5-6,8-13,15,21H,4,7,14H2,1H3,(H,26,28)/b25-15-/t21-/m1/s1. The molecule has 0 aromatic heterocycles. The lowest BCUT2D eigenvalue weighted by Gasteiger charge is -2.22. The van der Waals surface area contributed by atoms with Gasteiger partial charge < -0.3 is 4.74 Å². The Kier molecular flexibility index (Phi) is 6.45. The van der Waals surface area contributed by atoms with Crippen molar-refractivity contribution in [2.45, 2.75) is 23.8 Å². The molecule has 4 rings (SSSR count). The largest absolute Gasteiger partial charge is 0.496 e. The quantitative estimate of drug-likeness (QED) is 0.437. The molecule has 1 saturated heterocycles. The summed E-state index contributed by atoms with van der Waals surface area (Å²) < 4.78 is 32.7. The summed E-state index contributed by atoms with van der Waals surface area (Å²) in [5, 5.41) is 6.48. The van der Waals surface area contributed by atoms with E-state index >= 15 is 0 Å². The van der Waals surface area contributed by atoms with Gasteiger partial charge in [0.25, 0.3) is 5.91 Å². The second-order valence-corrected chi connectivity index (χ2v) is 9.69. The van der Waals surface area contributed by atoms with Crippen LogP contribution in [0.3, 0.4) is 0 Å². The van der Waals surface area contributed by atoms with Crippen molar-refractivity contribution >= 4 is 44.5 Å². The maximum atomic E-state index is 13.0. The molecule has 0 aliphatic carbocycles. The molecule has 9 heteroatoms. The molecule has 3 aromatic rings. The molecule has 0 bridgehead atoms. The van der Waals surface area contributed by atoms with E-state index in [0.29, 0.717) is 23.6 Å². The minimum Gasteiger partial charge on any atom is -0.496 e. The first kappa shape index (κ1) is 22.3. The van der Waals surface area contributed by atoms with Crippen LogP contribution in [0.1, 0.15) is 18.4 Å². The number of hydrazone groups is 1. The molecule has 0 spiro atoms. The highest BCUT2D eigenvalue weighted by molar-refractivity contribution is 7.89. The van der Waals surface area contributed by atoms with Crippen molar-refractivity contribution in [1.82, 2.24) is 9.73 Å². The average molecular weight is 472 g/mol. The van der Waals surface area contributed by atoms with Crippen molar-refractivity contribution in [3.63, 3.8) is 0 Å². The first-order chi connectivity index (χ1) is 15.4. The third kappa shape index (κ3) is 4.34. The molecule has 1 atom stereocenters. The number of halogens is 1. The number of ether oxygens (including phenoxy) is 1. The van der Waals surface area contributed by atoms with Gasteiger partial charge in [-0.15, -0.1) is 0 Å². The van der Waals surface area contributed by atoms with E-state index in [1.165, 1.54) is 34.8 Å². The molecule has 1 amide bonds. The molecule has 1 N–H and O–H groups in total. The van der Waals surface area contributed by atoms with E-state index in [1.54, 1.807) is 7.11 Å². The number of amides is 1. The molecule has 1 aliphatic rings. The fourth-order valence-corrected chi connectivity index (χ4v) is 5.64. The number of nitrogens with zero attached hydrogens (tertiary/aromatic N) is 2. The highest BCUT2D eigenvalue weighted by atomic mass is 35.5. The van der Waals surface area contributed by atoms with E-state index in [-0.39, 0.29) is 11.4 Å². The second kappa shape index (κ2) is 9.28. The number of hydrogen-bond donors (Lipinski definition) is 1. The highest BCUT2D eigenvalue weighted by Crippen LogP contribution is 2.28. The molecular weight excluding hydrogens is 450 g/mol. The minimum atomic E-state index is -3.82. The molecule has 0 radical (unpaired) electrons. The number of rotatable bonds is 6. The Labute approximate surface area is 191 Å². The van der Waals surface area contributed by atoms with E-state index in [2.05, 4.69) is 10.5 Å². The zero-order valence-electron chi connectivity index (χ0n) is 17.4. The number of methoxy groups -OCH3 is 1. The van der Waals surface area contributed by atoms with Crippen LogP contribution < -0.4 is 10.2 Å². The number of nitrogens with one attached hydrogen (secondary N) is 1. The number of carbonyl (C=O) groups excluding carboxylic acids is 1. The number of hydrogen-bond acceptors (Lipinski definition) is 5. The number of benzene rings is 3. The summed E-state index contributed by atoms with van der Waals surface area (Å²) in [6, 6.07) is 16.6. The molecule has 1 heterocycles. The van der Waals surface area contributed by atoms with Gasteiger partial charge in [-0.1, -0.05) is 41.9 Å². The van der Waals surface area contributed by atoms with Gasteiger partial charge in [-0.05, 0) is 53.9 Å². The van der Waals surface area contributed by atoms with E-state index in [4.69, 9.17) is 16.3 Å². The van der Waals surface area contributed by atoms with Crippen LogP contribution in [0.15, 0.2) is 70.7 Å². The normalized spacial score (nSPS) is 17.1. The van der Waals surface area contributed by atoms with Crippen molar-refractivity contribution in [2.24, 2.45) is 5.10 Å². The second-order valence-electron chi connectivity index (χ2n) is 7.36. The fourth-order valence-electron chi connectivity index (χ4n) is 3.85. The summed E-state index contributed by atoms with van der Waals surface area (Å²) in [6.45, 7) is 0.268. The van der Waals surface area contributed by atoms with Crippen LogP contribution in [0.2, 0.25) is 5.02 Å². The topological polar surface area (TPSA) is 88.1 Å². The Bertz CT molecular complexity index is 1280. The van der Waals surface area contributed by atoms with Crippen molar-refractivity contribution in [2.75, 3.05) is 13.7 Å². The average Bonchev–Trinajstić information content (AvgIpc) is 3.30. The first-order valence-corrected chi connectivity index (χ1v) is 11.9. The van der Waals surface area contributed by atoms with E-state index < -0.39 is 22.0 Å². The number of carbonyl (C=O) groups is 1. The lowest BCUT2D eigenvalue weighted by atomic mass is 10.0. The fraction of sp³-hybridized carbons (Fsp3) is 0.217. The van der Waals surface area contributed by atoms with Gasteiger partial charge in [-0.3, -0.25) is 4.79 Å². The van der Waals surface area contributed by atoms with E-state index in [0.717, 1.165) is 16.3 Å². The summed E-state index contributed by atoms with van der Waals surface area (Å²) >= 11 is 5.87. The molecular formula is C23H22ClN3O4S. The summed E-state index contributed by atoms with van der Waals surface area (Å²) in [4.78, 5) is 12.9. The smallest absolute Gasteiger partial charge is 0.258 e. The van der Waals surface area contributed by atoms with Gasteiger partial charge in [0.1, 0.15) is 11.8 Å². The molecule has 1 fully saturated rings. The highest BCUT2D eigenvalue weighted by Gasteiger charge is 2.39. The predicted molar refractivity (Wildman–Crippen MR) is 125 cm³/mol. The predicted octanol–water partition coefficient (Wildman–Crippen LogP) is 3.81. The van der Waals surface area contributed by atoms with E-state index in [1.807, 2.05) is 36.4 Å². The van der Waals surface area contributed by atoms with Crippen LogP contribution in [0.25, 0.3) is 10.8 Å². The maximum absolute atomic E-state index is 13.0. The van der Waals surface area contributed by atoms with Gasteiger partial charge in [0.15, 0.2) is 0 Å². The van der Waals surface area contributed by atoms with Crippen molar-refractivity contribution in [1.29, 1.82) is 0 Å². The molecule has 0 unspecified atom stereocenters. The van der Waals surface area contributed by atoms with E-state index in [9.17, 15) is 13.2 Å². The van der Waals surface area contributed by atoms with Gasteiger partial charge in [0.05, 0.1) is 18.2 Å². The summed E-state index contributed by atoms with van der Waals surface area (Å²) in [7, 11) is -2.26. The third-order valence-electron chi connectivity index (χ3n) is 5.45. The molecule has 0 saturated carbocycles. The van der Waals surface area contributed by atoms with Gasteiger partial charge >= 0.3 is 0 Å². The number of sulfonamides is 1. The lowest BCUT2D eigenvalue weighted by molar-refractivity contribution is -0.124. The van der Waals surface area contributed by atoms with Crippen LogP contribution >= 0.6 is 11.6 Å². The zero-order chi connectivity index (χ0) is 22.7. The SMILES string of the molecule is COc1ccc2ccccc2c1/C=N\NC(=O)[C@H]1CCCN1S(=O)(=O)c1ccc(Cl)cc1. The Morgan fingerprint density at radius 1 is 1.16 bits per heavy atom. The van der Waals surface area contributed by atoms with Gasteiger partial charge in [-0.25, -0.2) is 13.8 Å². The summed E-state index contributed by atoms with van der Waals surface area (Å²) in [6.07, 6.45) is 2.53. The van der Waals surface area contributed by atoms with Gasteiger partial charge in [0, 0.05) is 17.1 Å². The summed E-state index contributed by atoms with van der Waals surface area (Å²) in [5.74, 6) is 0.144. The monoisotopic (exact) mass is 471 g/mol. The Balaban J connectivity index is 1.54. The van der Waals surface area contributed by atoms with Crippen molar-refractivity contribution in [3.05, 3.63) is 71.2 Å². The van der Waals surface area contributed by atoms with Crippen LogP contribution in [-0.4, -0.2) is 44.5 Å². The van der Waals surface area contributed by atoms with Gasteiger partial charge in [-0.2, -0.15) is 9.41 Å². The molecule has 3 aromatic carbocycles. The third-order valence-corrected chi connectivity index (χ3v) is 7.62. The Morgan fingerprint density at radius 2 is 1.91 bits per heavy atom. The Hall–Kier alpha value is -2.94. The maximum Gasteiger partial charge on any atom is 0.258 e. The van der Waals surface area contributed by atoms with Crippen LogP contribution in [0.4, 0.5) is 0 Å². The minimum absolute atomic E-state index is 0.102. The van der Waals surface area contributed by atoms with Crippen LogP contribution in [0.5, 0.6) is 5.75 Å². The molecule has 7 nitrogen and oxygen atoms in total. The van der Waals surface area contributed by atoms with Crippen molar-refractivity contribution in [3.8, 4) is 5.75 Å². The molecule has 166 valence electrons. The molecule has 32 heavy (non-hydrogen) atoms. The lowest BCUT2D eigenvalue weighted by Crippen LogP contribution is -2.44. The number of fused-ring (bicyclic) bond motifs is 1. The summed E-state index contributed by atoms with van der Waals surface area (Å²) in [5.41, 5.74) is 3.22. The zero-order valence-corrected chi connectivity index (χ0v) is 18.9. The Morgan fingerprint density at radius 3 is 2.66 bits per heavy atom. The van der Waals surface area contributed by atoms with Gasteiger partial charge in [0.2, 0.25) is 10.0 Å². The van der Waals surface area contributed by atoms with Crippen LogP contribution in [-0.2, 0) is 14.8 Å². The molecule has 1 aliphatic heterocycles.